The number of amides is 1. The molecule has 9 heteroatoms. The fourth-order valence-corrected chi connectivity index (χ4v) is 3.85. The first-order chi connectivity index (χ1) is 11.4. The number of likely N-dealkylation sites (N-methyl/N-ethyl adjacent to an activating group) is 1. The molecule has 24 heavy (non-hydrogen) atoms. The number of nitrogens with one attached hydrogen (secondary N) is 1. The van der Waals surface area contributed by atoms with Gasteiger partial charge in [0.2, 0.25) is 10.0 Å². The molecule has 0 saturated carbocycles. The van der Waals surface area contributed by atoms with E-state index < -0.39 is 16.1 Å². The number of hydrogen-bond donors (Lipinski definition) is 1. The van der Waals surface area contributed by atoms with Gasteiger partial charge in [-0.05, 0) is 32.2 Å². The summed E-state index contributed by atoms with van der Waals surface area (Å²) in [6.07, 6.45) is -0.662. The lowest BCUT2D eigenvalue weighted by Gasteiger charge is -2.31. The summed E-state index contributed by atoms with van der Waals surface area (Å²) in [5.41, 5.74) is 0.256. The number of piperazine rings is 1. The second-order valence-corrected chi connectivity index (χ2v) is 7.35. The molecular weight excluding hydrogens is 334 g/mol. The molecule has 1 amide bonds. The Labute approximate surface area is 142 Å². The highest BCUT2D eigenvalue weighted by Crippen LogP contribution is 2.29. The number of sulfonamides is 1. The Bertz CT molecular complexity index is 684. The largest absolute Gasteiger partial charge is 0.495 e. The predicted molar refractivity (Wildman–Crippen MR) is 89.9 cm³/mol. The molecule has 0 bridgehead atoms. The molecule has 0 atom stereocenters. The van der Waals surface area contributed by atoms with Gasteiger partial charge in [0.1, 0.15) is 5.75 Å². The fourth-order valence-electron chi connectivity index (χ4n) is 2.40. The smallest absolute Gasteiger partial charge is 0.411 e. The molecule has 0 radical (unpaired) electrons. The van der Waals surface area contributed by atoms with Crippen molar-refractivity contribution in [3.63, 3.8) is 0 Å². The van der Waals surface area contributed by atoms with E-state index in [-0.39, 0.29) is 17.2 Å². The highest BCUT2D eigenvalue weighted by molar-refractivity contribution is 7.89. The summed E-state index contributed by atoms with van der Waals surface area (Å²) >= 11 is 0. The second kappa shape index (κ2) is 7.82. The SMILES string of the molecule is CCOC(=O)Nc1cc(S(=O)(=O)N2CCN(C)CC2)ccc1OC. The molecule has 0 unspecified atom stereocenters. The Hall–Kier alpha value is -1.84. The van der Waals surface area contributed by atoms with Crippen molar-refractivity contribution in [1.82, 2.24) is 9.21 Å². The molecule has 1 aromatic rings. The Balaban J connectivity index is 2.28. The van der Waals surface area contributed by atoms with Crippen LogP contribution in [0.2, 0.25) is 0 Å². The maximum absolute atomic E-state index is 12.8. The van der Waals surface area contributed by atoms with Crippen molar-refractivity contribution in [1.29, 1.82) is 0 Å². The van der Waals surface area contributed by atoms with E-state index in [0.717, 1.165) is 0 Å². The molecule has 1 fully saturated rings. The van der Waals surface area contributed by atoms with E-state index in [4.69, 9.17) is 9.47 Å². The Morgan fingerprint density at radius 3 is 2.50 bits per heavy atom. The first-order valence-electron chi connectivity index (χ1n) is 7.69. The zero-order chi connectivity index (χ0) is 17.7. The maximum atomic E-state index is 12.8. The summed E-state index contributed by atoms with van der Waals surface area (Å²) < 4.78 is 37.0. The van der Waals surface area contributed by atoms with Gasteiger partial charge in [-0.3, -0.25) is 5.32 Å². The van der Waals surface area contributed by atoms with Crippen LogP contribution in [0.5, 0.6) is 5.75 Å². The molecule has 1 saturated heterocycles. The zero-order valence-electron chi connectivity index (χ0n) is 14.1. The van der Waals surface area contributed by atoms with Crippen molar-refractivity contribution in [2.24, 2.45) is 0 Å². The molecule has 1 N–H and O–H groups in total. The normalized spacial score (nSPS) is 16.6. The first-order valence-corrected chi connectivity index (χ1v) is 9.13. The van der Waals surface area contributed by atoms with Crippen LogP contribution in [0.3, 0.4) is 0 Å². The Morgan fingerprint density at radius 2 is 1.92 bits per heavy atom. The van der Waals surface area contributed by atoms with Crippen LogP contribution in [0.25, 0.3) is 0 Å². The van der Waals surface area contributed by atoms with Crippen LogP contribution in [0.4, 0.5) is 10.5 Å². The number of nitrogens with zero attached hydrogens (tertiary/aromatic N) is 2. The van der Waals surface area contributed by atoms with Gasteiger partial charge in [0.25, 0.3) is 0 Å². The van der Waals surface area contributed by atoms with Crippen LogP contribution >= 0.6 is 0 Å². The number of anilines is 1. The van der Waals surface area contributed by atoms with E-state index in [1.807, 2.05) is 7.05 Å². The van der Waals surface area contributed by atoms with Crippen molar-refractivity contribution < 1.29 is 22.7 Å². The lowest BCUT2D eigenvalue weighted by Crippen LogP contribution is -2.47. The van der Waals surface area contributed by atoms with Gasteiger partial charge < -0.3 is 14.4 Å². The average molecular weight is 357 g/mol. The van der Waals surface area contributed by atoms with Gasteiger partial charge >= 0.3 is 6.09 Å². The van der Waals surface area contributed by atoms with Gasteiger partial charge in [0, 0.05) is 26.2 Å². The molecule has 1 aliphatic rings. The summed E-state index contributed by atoms with van der Waals surface area (Å²) in [5.74, 6) is 0.361. The van der Waals surface area contributed by atoms with Crippen LogP contribution in [0.15, 0.2) is 23.1 Å². The number of benzene rings is 1. The standard InChI is InChI=1S/C15H23N3O5S/c1-4-23-15(19)16-13-11-12(5-6-14(13)22-3)24(20,21)18-9-7-17(2)8-10-18/h5-6,11H,4,7-10H2,1-3H3,(H,16,19). The fraction of sp³-hybridized carbons (Fsp3) is 0.533. The highest BCUT2D eigenvalue weighted by atomic mass is 32.2. The van der Waals surface area contributed by atoms with Gasteiger partial charge in [-0.15, -0.1) is 0 Å². The zero-order valence-corrected chi connectivity index (χ0v) is 14.9. The summed E-state index contributed by atoms with van der Waals surface area (Å²) in [5, 5.41) is 2.51. The Morgan fingerprint density at radius 1 is 1.25 bits per heavy atom. The average Bonchev–Trinajstić information content (AvgIpc) is 2.55. The summed E-state index contributed by atoms with van der Waals surface area (Å²) in [7, 11) is -0.220. The van der Waals surface area contributed by atoms with E-state index in [1.54, 1.807) is 6.92 Å². The molecular formula is C15H23N3O5S. The Kier molecular flexibility index (Phi) is 6.03. The van der Waals surface area contributed by atoms with Crippen molar-refractivity contribution in [3.8, 4) is 5.75 Å². The van der Waals surface area contributed by atoms with Gasteiger partial charge in [-0.1, -0.05) is 0 Å². The van der Waals surface area contributed by atoms with Crippen LogP contribution in [-0.4, -0.2) is 70.7 Å². The summed E-state index contributed by atoms with van der Waals surface area (Å²) in [6, 6.07) is 4.39. The number of methoxy groups -OCH3 is 1. The van der Waals surface area contributed by atoms with Gasteiger partial charge in [0.05, 0.1) is 24.3 Å². The molecule has 0 aromatic heterocycles. The molecule has 0 aliphatic carbocycles. The van der Waals surface area contributed by atoms with Crippen LogP contribution in [0, 0.1) is 0 Å². The second-order valence-electron chi connectivity index (χ2n) is 5.41. The van der Waals surface area contributed by atoms with Crippen molar-refractivity contribution in [2.45, 2.75) is 11.8 Å². The third-order valence-electron chi connectivity index (χ3n) is 3.78. The maximum Gasteiger partial charge on any atom is 0.411 e. The van der Waals surface area contributed by atoms with Gasteiger partial charge in [-0.2, -0.15) is 4.31 Å². The lowest BCUT2D eigenvalue weighted by molar-refractivity contribution is 0.168. The molecule has 0 spiro atoms. The van der Waals surface area contributed by atoms with Crippen molar-refractivity contribution >= 4 is 21.8 Å². The number of carbonyl (C=O) groups excluding carboxylic acids is 1. The highest BCUT2D eigenvalue weighted by Gasteiger charge is 2.28. The first kappa shape index (κ1) is 18.5. The predicted octanol–water partition coefficient (Wildman–Crippen LogP) is 1.20. The van der Waals surface area contributed by atoms with Crippen LogP contribution < -0.4 is 10.1 Å². The van der Waals surface area contributed by atoms with Crippen molar-refractivity contribution in [3.05, 3.63) is 18.2 Å². The molecule has 1 aliphatic heterocycles. The minimum Gasteiger partial charge on any atom is -0.495 e. The van der Waals surface area contributed by atoms with E-state index >= 15 is 0 Å². The molecule has 1 heterocycles. The molecule has 1 aromatic carbocycles. The van der Waals surface area contributed by atoms with E-state index in [2.05, 4.69) is 10.2 Å². The third-order valence-corrected chi connectivity index (χ3v) is 5.68. The number of hydrogen-bond acceptors (Lipinski definition) is 6. The monoisotopic (exact) mass is 357 g/mol. The van der Waals surface area contributed by atoms with E-state index in [0.29, 0.717) is 31.9 Å². The van der Waals surface area contributed by atoms with Crippen LogP contribution in [-0.2, 0) is 14.8 Å². The molecule has 2 rings (SSSR count). The number of rotatable bonds is 5. The van der Waals surface area contributed by atoms with Crippen LogP contribution in [0.1, 0.15) is 6.92 Å². The quantitative estimate of drug-likeness (QED) is 0.852. The number of carbonyl (C=O) groups is 1. The summed E-state index contributed by atoms with van der Waals surface area (Å²) in [6.45, 7) is 4.14. The van der Waals surface area contributed by atoms with Crippen molar-refractivity contribution in [2.75, 3.05) is 52.3 Å². The third kappa shape index (κ3) is 4.16. The lowest BCUT2D eigenvalue weighted by atomic mass is 10.3. The minimum atomic E-state index is -3.62. The minimum absolute atomic E-state index is 0.111. The molecule has 8 nitrogen and oxygen atoms in total. The topological polar surface area (TPSA) is 88.2 Å². The van der Waals surface area contributed by atoms with E-state index in [1.165, 1.54) is 29.6 Å². The summed E-state index contributed by atoms with van der Waals surface area (Å²) in [4.78, 5) is 13.8. The molecule has 134 valence electrons. The number of ether oxygens (including phenoxy) is 2. The van der Waals surface area contributed by atoms with Gasteiger partial charge in [-0.25, -0.2) is 13.2 Å². The van der Waals surface area contributed by atoms with E-state index in [9.17, 15) is 13.2 Å². The van der Waals surface area contributed by atoms with Gasteiger partial charge in [0.15, 0.2) is 0 Å².